The zero-order valence-electron chi connectivity index (χ0n) is 25.3. The number of halogens is 1. The summed E-state index contributed by atoms with van der Waals surface area (Å²) >= 11 is 3.29. The van der Waals surface area contributed by atoms with Crippen molar-refractivity contribution in [3.05, 3.63) is 53.0 Å². The Morgan fingerprint density at radius 3 is 2.00 bits per heavy atom. The van der Waals surface area contributed by atoms with Gasteiger partial charge in [0.25, 0.3) is 0 Å². The minimum atomic E-state index is -4.50. The van der Waals surface area contributed by atoms with Crippen molar-refractivity contribution in [3.63, 3.8) is 0 Å². The van der Waals surface area contributed by atoms with Gasteiger partial charge in [-0.3, -0.25) is 0 Å². The molecule has 0 saturated carbocycles. The van der Waals surface area contributed by atoms with Gasteiger partial charge < -0.3 is 32.1 Å². The van der Waals surface area contributed by atoms with Crippen molar-refractivity contribution in [2.45, 2.75) is 64.7 Å². The van der Waals surface area contributed by atoms with E-state index in [1.54, 1.807) is 31.2 Å². The molecule has 2 aromatic rings. The van der Waals surface area contributed by atoms with Gasteiger partial charge in [0.1, 0.15) is 29.5 Å². The molecule has 0 amide bonds. The highest BCUT2D eigenvalue weighted by Gasteiger charge is 2.54. The molecule has 16 heteroatoms. The number of benzene rings is 2. The molecule has 3 aliphatic rings. The first-order valence-electron chi connectivity index (χ1n) is 14.4. The lowest BCUT2D eigenvalue weighted by Gasteiger charge is -2.46. The van der Waals surface area contributed by atoms with Gasteiger partial charge in [0, 0.05) is 16.3 Å². The third kappa shape index (κ3) is 8.29. The molecule has 250 valence electrons. The van der Waals surface area contributed by atoms with Crippen LogP contribution in [-0.2, 0) is 48.1 Å². The summed E-state index contributed by atoms with van der Waals surface area (Å²) in [5, 5.41) is 0. The first kappa shape index (κ1) is 34.3. The second-order valence-corrected chi connectivity index (χ2v) is 14.7. The highest BCUT2D eigenvalue weighted by atomic mass is 79.9. The van der Waals surface area contributed by atoms with Crippen LogP contribution in [0.4, 0.5) is 0 Å². The number of fused-ring (bicyclic) bond motifs is 2. The van der Waals surface area contributed by atoms with Crippen molar-refractivity contribution in [2.24, 2.45) is 23.7 Å². The van der Waals surface area contributed by atoms with Crippen LogP contribution in [0, 0.1) is 23.7 Å². The van der Waals surface area contributed by atoms with Crippen molar-refractivity contribution in [3.8, 4) is 17.2 Å². The Morgan fingerprint density at radius 1 is 0.756 bits per heavy atom. The summed E-state index contributed by atoms with van der Waals surface area (Å²) in [4.78, 5) is 0. The molecule has 4 unspecified atom stereocenters. The largest absolute Gasteiger partial charge is 0.497 e. The maximum atomic E-state index is 12.8. The van der Waals surface area contributed by atoms with E-state index in [2.05, 4.69) is 15.9 Å². The van der Waals surface area contributed by atoms with E-state index in [0.29, 0.717) is 5.75 Å². The summed E-state index contributed by atoms with van der Waals surface area (Å²) in [5.41, 5.74) is 0. The molecular formula is C29H37BrO13S2. The number of methoxy groups -OCH3 is 1. The molecule has 0 radical (unpaired) electrons. The van der Waals surface area contributed by atoms with Crippen LogP contribution in [0.2, 0.25) is 0 Å². The van der Waals surface area contributed by atoms with E-state index in [-0.39, 0.29) is 42.5 Å². The van der Waals surface area contributed by atoms with Crippen molar-refractivity contribution in [1.82, 2.24) is 0 Å². The first-order valence-corrected chi connectivity index (χ1v) is 17.9. The zero-order chi connectivity index (χ0) is 32.5. The molecule has 13 nitrogen and oxygen atoms in total. The molecule has 10 atom stereocenters. The molecule has 0 N–H and O–H groups in total. The lowest BCUT2D eigenvalue weighted by Crippen LogP contribution is -2.55. The van der Waals surface area contributed by atoms with Crippen LogP contribution in [0.5, 0.6) is 17.2 Å². The van der Waals surface area contributed by atoms with E-state index >= 15 is 0 Å². The molecule has 0 aromatic heterocycles. The van der Waals surface area contributed by atoms with Gasteiger partial charge in [0.2, 0.25) is 0 Å². The van der Waals surface area contributed by atoms with Crippen LogP contribution in [-0.4, -0.2) is 74.2 Å². The zero-order valence-corrected chi connectivity index (χ0v) is 28.5. The molecule has 2 bridgehead atoms. The fraction of sp³-hybridized carbons (Fsp3) is 0.586. The minimum absolute atomic E-state index is 0.0432. The van der Waals surface area contributed by atoms with Crippen LogP contribution in [0.3, 0.4) is 0 Å². The maximum absolute atomic E-state index is 12.8. The molecule has 3 heterocycles. The lowest BCUT2D eigenvalue weighted by atomic mass is 9.79. The third-order valence-corrected chi connectivity index (χ3v) is 10.8. The number of hydrogen-bond donors (Lipinski definition) is 0. The SMILES string of the molecule is COc1ccc(OS(=O)(=O)OCC2O[C@H](O[C@@H]3C4CO[C@H](O4)C(OS(=O)(=O)Oc4ccc(Br)cc4)[C@H]3C)C(C)[C@@H](C)[C@@H]2C)cc1. The smallest absolute Gasteiger partial charge is 0.449 e. The average Bonchev–Trinajstić information content (AvgIpc) is 3.44. The number of ether oxygens (including phenoxy) is 5. The van der Waals surface area contributed by atoms with Gasteiger partial charge in [-0.25, -0.2) is 8.37 Å². The third-order valence-electron chi connectivity index (χ3n) is 8.55. The van der Waals surface area contributed by atoms with E-state index in [1.807, 2.05) is 20.8 Å². The molecule has 0 aliphatic carbocycles. The summed E-state index contributed by atoms with van der Waals surface area (Å²) in [6.45, 7) is 7.58. The summed E-state index contributed by atoms with van der Waals surface area (Å²) in [6.07, 6.45) is -4.63. The molecule has 3 saturated heterocycles. The van der Waals surface area contributed by atoms with Crippen molar-refractivity contribution < 1.29 is 57.3 Å². The number of rotatable bonds is 12. The predicted octanol–water partition coefficient (Wildman–Crippen LogP) is 4.22. The highest BCUT2D eigenvalue weighted by Crippen LogP contribution is 2.41. The van der Waals surface area contributed by atoms with Crippen LogP contribution < -0.4 is 13.1 Å². The Kier molecular flexibility index (Phi) is 10.7. The predicted molar refractivity (Wildman–Crippen MR) is 162 cm³/mol. The summed E-state index contributed by atoms with van der Waals surface area (Å²) in [5.74, 6) is 0.0235. The van der Waals surface area contributed by atoms with Crippen molar-refractivity contribution in [1.29, 1.82) is 0 Å². The van der Waals surface area contributed by atoms with Gasteiger partial charge >= 0.3 is 20.8 Å². The van der Waals surface area contributed by atoms with Gasteiger partial charge in [0.15, 0.2) is 12.6 Å². The van der Waals surface area contributed by atoms with E-state index in [9.17, 15) is 16.8 Å². The van der Waals surface area contributed by atoms with Gasteiger partial charge in [-0.05, 0) is 60.4 Å². The molecule has 45 heavy (non-hydrogen) atoms. The Labute approximate surface area is 272 Å². The Balaban J connectivity index is 1.23. The second kappa shape index (κ2) is 14.0. The Hall–Kier alpha value is -2.02. The van der Waals surface area contributed by atoms with Crippen LogP contribution in [0.15, 0.2) is 53.0 Å². The van der Waals surface area contributed by atoms with Gasteiger partial charge in [-0.1, -0.05) is 43.6 Å². The molecule has 0 spiro atoms. The quantitative estimate of drug-likeness (QED) is 0.306. The Morgan fingerprint density at radius 2 is 1.36 bits per heavy atom. The highest BCUT2D eigenvalue weighted by molar-refractivity contribution is 9.10. The molecule has 2 aromatic carbocycles. The lowest BCUT2D eigenvalue weighted by molar-refractivity contribution is -0.301. The van der Waals surface area contributed by atoms with Crippen LogP contribution >= 0.6 is 15.9 Å². The maximum Gasteiger partial charge on any atom is 0.449 e. The van der Waals surface area contributed by atoms with E-state index in [1.165, 1.54) is 31.4 Å². The molecular weight excluding hydrogens is 700 g/mol. The van der Waals surface area contributed by atoms with Gasteiger partial charge in [0.05, 0.1) is 32.5 Å². The first-order chi connectivity index (χ1) is 21.2. The van der Waals surface area contributed by atoms with Gasteiger partial charge in [-0.2, -0.15) is 16.8 Å². The summed E-state index contributed by atoms with van der Waals surface area (Å²) < 4.78 is 102. The van der Waals surface area contributed by atoms with E-state index < -0.39 is 63.7 Å². The van der Waals surface area contributed by atoms with Crippen LogP contribution in [0.25, 0.3) is 0 Å². The Bertz CT molecular complexity index is 1500. The second-order valence-electron chi connectivity index (χ2n) is 11.4. The van der Waals surface area contributed by atoms with E-state index in [0.717, 1.165) is 4.47 Å². The minimum Gasteiger partial charge on any atom is -0.497 e. The van der Waals surface area contributed by atoms with Gasteiger partial charge in [-0.15, -0.1) is 0 Å². The van der Waals surface area contributed by atoms with Crippen molar-refractivity contribution >= 4 is 36.7 Å². The fourth-order valence-corrected chi connectivity index (χ4v) is 7.46. The average molecular weight is 738 g/mol. The summed E-state index contributed by atoms with van der Waals surface area (Å²) in [7, 11) is -7.40. The number of hydrogen-bond acceptors (Lipinski definition) is 13. The molecule has 5 rings (SSSR count). The molecule has 3 aliphatic heterocycles. The topological polar surface area (TPSA) is 151 Å². The normalized spacial score (nSPS) is 33.5. The van der Waals surface area contributed by atoms with E-state index in [4.69, 9.17) is 40.4 Å². The van der Waals surface area contributed by atoms with Crippen LogP contribution in [0.1, 0.15) is 27.7 Å². The summed E-state index contributed by atoms with van der Waals surface area (Å²) in [6, 6.07) is 12.3. The monoisotopic (exact) mass is 736 g/mol. The fourth-order valence-electron chi connectivity index (χ4n) is 5.58. The molecule has 3 fully saturated rings. The van der Waals surface area contributed by atoms with Crippen molar-refractivity contribution in [2.75, 3.05) is 20.3 Å². The standard InChI is InChI=1S/C29H37BrO13S2/c1-16-17(2)24(15-37-44(31,32)41-23-12-10-21(35-5)11-13-23)38-28(18(16)3)40-26-19(4)27(29-36-14-25(26)39-29)43-45(33,34)42-22-8-6-20(30)7-9-22/h6-13,16-19,24-29H,14-15H2,1-5H3/t16-,17-,18?,19-,24?,25?,26-,27?,28+,29+/m0/s1.